The molecule has 258 valence electrons. The summed E-state index contributed by atoms with van der Waals surface area (Å²) < 4.78 is 70.7. The molecule has 1 aliphatic heterocycles. The van der Waals surface area contributed by atoms with Gasteiger partial charge in [-0.15, -0.1) is 5.10 Å². The Morgan fingerprint density at radius 1 is 1.10 bits per heavy atom. The Kier molecular flexibility index (Phi) is 11.3. The van der Waals surface area contributed by atoms with E-state index in [1.54, 1.807) is 48.5 Å². The first-order chi connectivity index (χ1) is 23.5. The Labute approximate surface area is 279 Å². The zero-order valence-corrected chi connectivity index (χ0v) is 26.6. The lowest BCUT2D eigenvalue weighted by molar-refractivity contribution is -0.123. The maximum atomic E-state index is 15.3. The summed E-state index contributed by atoms with van der Waals surface area (Å²) in [5.74, 6) is -1.02. The standard InChI is InChI=1S/C35H35F4N5O5/c1-40-29(45)10-7-16-43(34(46)47)17-19-48-30-15-13-25(22-41-30)32(27(21-35(37,38)39)23-8-3-2-4-9-23)24-12-14-28-26(20-24)33(36)42-44(28)31-11-5-6-18-49-31/h2-4,7-10,12-15,20,22,31H,5-6,11,16-19,21H2,1H3,(H,40,45)(H,46,47)/b10-7+,32-27-. The first kappa shape index (κ1) is 35.1. The number of ether oxygens (including phenoxy) is 2. The highest BCUT2D eigenvalue weighted by molar-refractivity contribution is 6.00. The Morgan fingerprint density at radius 3 is 2.53 bits per heavy atom. The van der Waals surface area contributed by atoms with Gasteiger partial charge in [-0.05, 0) is 59.7 Å². The number of rotatable bonds is 12. The Hall–Kier alpha value is -5.24. The lowest BCUT2D eigenvalue weighted by Crippen LogP contribution is -2.33. The van der Waals surface area contributed by atoms with Crippen LogP contribution in [-0.4, -0.2) is 76.3 Å². The van der Waals surface area contributed by atoms with Crippen molar-refractivity contribution < 1.29 is 41.7 Å². The maximum Gasteiger partial charge on any atom is 0.407 e. The summed E-state index contributed by atoms with van der Waals surface area (Å²) in [4.78, 5) is 28.3. The van der Waals surface area contributed by atoms with E-state index in [1.165, 1.54) is 42.2 Å². The third kappa shape index (κ3) is 9.02. The molecule has 4 aromatic rings. The third-order valence-electron chi connectivity index (χ3n) is 7.93. The Morgan fingerprint density at radius 2 is 1.88 bits per heavy atom. The van der Waals surface area contributed by atoms with Crippen molar-refractivity contribution in [3.8, 4) is 5.88 Å². The molecule has 14 heteroatoms. The fourth-order valence-electron chi connectivity index (χ4n) is 5.59. The molecule has 2 N–H and O–H groups in total. The number of hydrogen-bond acceptors (Lipinski definition) is 6. The van der Waals surface area contributed by atoms with E-state index in [0.29, 0.717) is 35.2 Å². The average Bonchev–Trinajstić information content (AvgIpc) is 3.43. The number of likely N-dealkylation sites (N-methyl/N-ethyl adjacent to an activating group) is 1. The molecule has 0 spiro atoms. The highest BCUT2D eigenvalue weighted by atomic mass is 19.4. The maximum absolute atomic E-state index is 15.3. The van der Waals surface area contributed by atoms with Crippen molar-refractivity contribution in [2.75, 3.05) is 33.4 Å². The molecule has 1 unspecified atom stereocenters. The summed E-state index contributed by atoms with van der Waals surface area (Å²) in [6.45, 7) is 0.350. The van der Waals surface area contributed by atoms with Crippen LogP contribution < -0.4 is 10.1 Å². The van der Waals surface area contributed by atoms with Crippen LogP contribution in [0.25, 0.3) is 22.0 Å². The molecular weight excluding hydrogens is 646 g/mol. The zero-order chi connectivity index (χ0) is 35.0. The van der Waals surface area contributed by atoms with Gasteiger partial charge in [-0.2, -0.15) is 17.6 Å². The molecule has 0 saturated carbocycles. The second-order valence-electron chi connectivity index (χ2n) is 11.3. The van der Waals surface area contributed by atoms with Crippen molar-refractivity contribution in [3.63, 3.8) is 0 Å². The van der Waals surface area contributed by atoms with Crippen molar-refractivity contribution in [3.05, 3.63) is 102 Å². The molecule has 2 amide bonds. The largest absolute Gasteiger partial charge is 0.476 e. The van der Waals surface area contributed by atoms with Crippen LogP contribution in [-0.2, 0) is 9.53 Å². The summed E-state index contributed by atoms with van der Waals surface area (Å²) in [5.41, 5.74) is 1.62. The van der Waals surface area contributed by atoms with Gasteiger partial charge in [-0.25, -0.2) is 14.5 Å². The van der Waals surface area contributed by atoms with Gasteiger partial charge in [-0.1, -0.05) is 42.5 Å². The first-order valence-corrected chi connectivity index (χ1v) is 15.6. The number of nitrogens with zero attached hydrogens (tertiary/aromatic N) is 4. The molecular formula is C35H35F4N5O5. The number of fused-ring (bicyclic) bond motifs is 1. The number of allylic oxidation sites excluding steroid dienone is 1. The molecule has 1 saturated heterocycles. The number of halogens is 4. The molecule has 0 aliphatic carbocycles. The first-order valence-electron chi connectivity index (χ1n) is 15.6. The summed E-state index contributed by atoms with van der Waals surface area (Å²) in [5, 5.41) is 16.1. The lowest BCUT2D eigenvalue weighted by atomic mass is 9.88. The lowest BCUT2D eigenvalue weighted by Gasteiger charge is -2.23. The second kappa shape index (κ2) is 15.8. The number of carboxylic acid groups (broad SMARTS) is 1. The molecule has 2 aromatic heterocycles. The molecule has 5 rings (SSSR count). The summed E-state index contributed by atoms with van der Waals surface area (Å²) in [7, 11) is 1.45. The zero-order valence-electron chi connectivity index (χ0n) is 26.6. The van der Waals surface area contributed by atoms with Crippen LogP contribution in [0.2, 0.25) is 0 Å². The number of hydrogen-bond donors (Lipinski definition) is 2. The normalized spacial score (nSPS) is 15.7. The van der Waals surface area contributed by atoms with Crippen molar-refractivity contribution >= 4 is 34.0 Å². The number of pyridine rings is 1. The fraction of sp³-hybridized carbons (Fsp3) is 0.314. The fourth-order valence-corrected chi connectivity index (χ4v) is 5.59. The average molecular weight is 682 g/mol. The minimum Gasteiger partial charge on any atom is -0.476 e. The number of carbonyl (C=O) groups excluding carboxylic acids is 1. The van der Waals surface area contributed by atoms with Gasteiger partial charge in [-0.3, -0.25) is 4.79 Å². The molecule has 3 heterocycles. The SMILES string of the molecule is CNC(=O)/C=C/CN(CCOc1ccc(/C(=C(/CC(F)(F)F)c2ccccc2)c2ccc3c(c2)c(F)nn3C2CCCCO2)cn1)C(=O)O. The van der Waals surface area contributed by atoms with E-state index in [4.69, 9.17) is 9.47 Å². The number of nitrogens with one attached hydrogen (secondary N) is 1. The smallest absolute Gasteiger partial charge is 0.407 e. The van der Waals surface area contributed by atoms with E-state index in [-0.39, 0.29) is 48.0 Å². The van der Waals surface area contributed by atoms with Crippen LogP contribution in [0.3, 0.4) is 0 Å². The molecule has 1 aliphatic rings. The Balaban J connectivity index is 1.49. The number of alkyl halides is 3. The summed E-state index contributed by atoms with van der Waals surface area (Å²) in [6.07, 6.45) is -1.05. The van der Waals surface area contributed by atoms with E-state index < -0.39 is 30.9 Å². The minimum atomic E-state index is -4.57. The summed E-state index contributed by atoms with van der Waals surface area (Å²) >= 11 is 0. The van der Waals surface area contributed by atoms with E-state index >= 15 is 4.39 Å². The van der Waals surface area contributed by atoms with Gasteiger partial charge in [0.25, 0.3) is 0 Å². The van der Waals surface area contributed by atoms with Crippen molar-refractivity contribution in [2.45, 2.75) is 38.1 Å². The van der Waals surface area contributed by atoms with E-state index in [1.807, 2.05) is 0 Å². The number of aromatic nitrogens is 3. The molecule has 0 bridgehead atoms. The molecule has 49 heavy (non-hydrogen) atoms. The van der Waals surface area contributed by atoms with Gasteiger partial charge >= 0.3 is 12.3 Å². The van der Waals surface area contributed by atoms with Gasteiger partial charge < -0.3 is 24.8 Å². The molecule has 1 atom stereocenters. The quantitative estimate of drug-likeness (QED) is 0.0955. The monoisotopic (exact) mass is 681 g/mol. The number of amides is 2. The topological polar surface area (TPSA) is 119 Å². The third-order valence-corrected chi connectivity index (χ3v) is 7.93. The highest BCUT2D eigenvalue weighted by Crippen LogP contribution is 2.40. The van der Waals surface area contributed by atoms with Gasteiger partial charge in [0.15, 0.2) is 6.23 Å². The van der Waals surface area contributed by atoms with Crippen molar-refractivity contribution in [2.24, 2.45) is 0 Å². The molecule has 2 aromatic carbocycles. The van der Waals surface area contributed by atoms with E-state index in [0.717, 1.165) is 17.7 Å². The van der Waals surface area contributed by atoms with Gasteiger partial charge in [0, 0.05) is 44.1 Å². The van der Waals surface area contributed by atoms with Crippen molar-refractivity contribution in [1.82, 2.24) is 25.0 Å². The van der Waals surface area contributed by atoms with Gasteiger partial charge in [0.1, 0.15) is 6.61 Å². The van der Waals surface area contributed by atoms with E-state index in [9.17, 15) is 27.9 Å². The number of benzene rings is 2. The Bertz CT molecular complexity index is 1820. The van der Waals surface area contributed by atoms with Gasteiger partial charge in [0.05, 0.1) is 23.9 Å². The highest BCUT2D eigenvalue weighted by Gasteiger charge is 2.32. The number of carbonyl (C=O) groups is 2. The predicted molar refractivity (Wildman–Crippen MR) is 174 cm³/mol. The van der Waals surface area contributed by atoms with Crippen molar-refractivity contribution in [1.29, 1.82) is 0 Å². The van der Waals surface area contributed by atoms with Crippen LogP contribution in [0.5, 0.6) is 5.88 Å². The molecule has 10 nitrogen and oxygen atoms in total. The minimum absolute atomic E-state index is 0.0340. The van der Waals surface area contributed by atoms with Gasteiger partial charge in [0.2, 0.25) is 17.7 Å². The van der Waals surface area contributed by atoms with Crippen LogP contribution in [0.4, 0.5) is 22.4 Å². The molecule has 1 fully saturated rings. The van der Waals surface area contributed by atoms with Crippen LogP contribution in [0, 0.1) is 5.95 Å². The van der Waals surface area contributed by atoms with Crippen LogP contribution >= 0.6 is 0 Å². The molecule has 0 radical (unpaired) electrons. The second-order valence-corrected chi connectivity index (χ2v) is 11.3. The van der Waals surface area contributed by atoms with Crippen LogP contribution in [0.15, 0.2) is 79.0 Å². The summed E-state index contributed by atoms with van der Waals surface area (Å²) in [6, 6.07) is 16.0. The van der Waals surface area contributed by atoms with Crippen LogP contribution in [0.1, 0.15) is 48.6 Å². The predicted octanol–water partition coefficient (Wildman–Crippen LogP) is 6.84. The van der Waals surface area contributed by atoms with E-state index in [2.05, 4.69) is 15.4 Å².